The highest BCUT2D eigenvalue weighted by Crippen LogP contribution is 2.23. The summed E-state index contributed by atoms with van der Waals surface area (Å²) >= 11 is 0. The fourth-order valence-corrected chi connectivity index (χ4v) is 3.75. The van der Waals surface area contributed by atoms with Gasteiger partial charge in [0.25, 0.3) is 5.56 Å². The van der Waals surface area contributed by atoms with Crippen LogP contribution in [-0.2, 0) is 35.8 Å². The van der Waals surface area contributed by atoms with E-state index >= 15 is 0 Å². The number of carbonyl (C=O) groups is 2. The van der Waals surface area contributed by atoms with Gasteiger partial charge in [0.05, 0.1) is 17.3 Å². The Balaban J connectivity index is 1.36. The summed E-state index contributed by atoms with van der Waals surface area (Å²) in [5, 5.41) is 0.543. The highest BCUT2D eigenvalue weighted by molar-refractivity contribution is 5.98. The topological polar surface area (TPSA) is 78.3 Å². The number of para-hydroxylation sites is 1. The van der Waals surface area contributed by atoms with Crippen LogP contribution in [0.15, 0.2) is 47.3 Å². The van der Waals surface area contributed by atoms with Crippen LogP contribution in [0.25, 0.3) is 10.9 Å². The summed E-state index contributed by atoms with van der Waals surface area (Å²) in [6, 6.07) is 12.8. The molecule has 0 radical (unpaired) electrons. The van der Waals surface area contributed by atoms with E-state index in [0.29, 0.717) is 22.3 Å². The van der Waals surface area contributed by atoms with Gasteiger partial charge in [-0.2, -0.15) is 0 Å². The van der Waals surface area contributed by atoms with Crippen molar-refractivity contribution >= 4 is 22.7 Å². The Morgan fingerprint density at radius 1 is 1.10 bits per heavy atom. The molecular formula is C23H22N2O4. The number of ether oxygens (including phenoxy) is 1. The van der Waals surface area contributed by atoms with Crippen molar-refractivity contribution in [3.05, 3.63) is 75.3 Å². The molecule has 0 atom stereocenters. The number of aryl methyl sites for hydroxylation is 3. The number of ketones is 1. The van der Waals surface area contributed by atoms with E-state index in [9.17, 15) is 14.4 Å². The van der Waals surface area contributed by atoms with Crippen LogP contribution in [0.2, 0.25) is 0 Å². The molecule has 3 aromatic rings. The van der Waals surface area contributed by atoms with Gasteiger partial charge in [0.15, 0.2) is 12.4 Å². The van der Waals surface area contributed by atoms with Gasteiger partial charge < -0.3 is 4.74 Å². The molecule has 2 aromatic carbocycles. The lowest BCUT2D eigenvalue weighted by Crippen LogP contribution is -2.23. The largest absolute Gasteiger partial charge is 0.457 e. The van der Waals surface area contributed by atoms with E-state index in [2.05, 4.69) is 4.98 Å². The summed E-state index contributed by atoms with van der Waals surface area (Å²) in [5.74, 6) is -0.179. The minimum absolute atomic E-state index is 0.0517. The molecule has 0 saturated heterocycles. The number of esters is 1. The summed E-state index contributed by atoms with van der Waals surface area (Å²) in [6.07, 6.45) is 3.49. The Labute approximate surface area is 168 Å². The van der Waals surface area contributed by atoms with Crippen molar-refractivity contribution in [2.75, 3.05) is 6.61 Å². The quantitative estimate of drug-likeness (QED) is 0.478. The van der Waals surface area contributed by atoms with Crippen LogP contribution in [0.1, 0.15) is 40.2 Å². The summed E-state index contributed by atoms with van der Waals surface area (Å²) < 4.78 is 6.60. The van der Waals surface area contributed by atoms with Crippen molar-refractivity contribution in [2.24, 2.45) is 7.05 Å². The fraction of sp³-hybridized carbons (Fsp3) is 0.304. The predicted octanol–water partition coefficient (Wildman–Crippen LogP) is 2.78. The number of hydrogen-bond acceptors (Lipinski definition) is 5. The second kappa shape index (κ2) is 7.99. The van der Waals surface area contributed by atoms with Crippen LogP contribution in [0, 0.1) is 0 Å². The number of benzene rings is 2. The Morgan fingerprint density at radius 2 is 1.90 bits per heavy atom. The number of aromatic nitrogens is 2. The normalized spacial score (nSPS) is 12.7. The molecule has 29 heavy (non-hydrogen) atoms. The van der Waals surface area contributed by atoms with Crippen LogP contribution in [0.5, 0.6) is 0 Å². The zero-order valence-electron chi connectivity index (χ0n) is 16.3. The van der Waals surface area contributed by atoms with Crippen LogP contribution in [0.4, 0.5) is 0 Å². The van der Waals surface area contributed by atoms with Gasteiger partial charge in [0.2, 0.25) is 0 Å². The second-order valence-corrected chi connectivity index (χ2v) is 7.33. The molecule has 0 aliphatic heterocycles. The van der Waals surface area contributed by atoms with Crippen molar-refractivity contribution in [3.8, 4) is 0 Å². The Bertz CT molecular complexity index is 1160. The lowest BCUT2D eigenvalue weighted by Gasteiger charge is -2.09. The van der Waals surface area contributed by atoms with Gasteiger partial charge in [-0.05, 0) is 48.6 Å². The monoisotopic (exact) mass is 390 g/mol. The maximum absolute atomic E-state index is 12.4. The molecule has 0 N–H and O–H groups in total. The molecule has 1 aliphatic rings. The SMILES string of the molecule is Cn1c(CCC(=O)OCC(=O)c2ccc3c(c2)CCC3)nc2ccccc2c1=O. The molecule has 0 spiro atoms. The Hall–Kier alpha value is -3.28. The third kappa shape index (κ3) is 3.97. The molecule has 4 rings (SSSR count). The summed E-state index contributed by atoms with van der Waals surface area (Å²) in [7, 11) is 1.64. The molecule has 6 heteroatoms. The molecule has 6 nitrogen and oxygen atoms in total. The fourth-order valence-electron chi connectivity index (χ4n) is 3.75. The molecule has 0 amide bonds. The predicted molar refractivity (Wildman–Crippen MR) is 109 cm³/mol. The molecular weight excluding hydrogens is 368 g/mol. The van der Waals surface area contributed by atoms with Crippen molar-refractivity contribution in [3.63, 3.8) is 0 Å². The van der Waals surface area contributed by atoms with Gasteiger partial charge >= 0.3 is 5.97 Å². The van der Waals surface area contributed by atoms with Crippen molar-refractivity contribution in [1.82, 2.24) is 9.55 Å². The number of carbonyl (C=O) groups excluding carboxylic acids is 2. The summed E-state index contributed by atoms with van der Waals surface area (Å²) in [5.41, 5.74) is 3.55. The van der Waals surface area contributed by atoms with Gasteiger partial charge in [-0.25, -0.2) is 4.98 Å². The lowest BCUT2D eigenvalue weighted by molar-refractivity contribution is -0.142. The molecule has 0 fully saturated rings. The smallest absolute Gasteiger partial charge is 0.306 e. The van der Waals surface area contributed by atoms with Crippen LogP contribution < -0.4 is 5.56 Å². The minimum atomic E-state index is -0.484. The van der Waals surface area contributed by atoms with Crippen LogP contribution in [0.3, 0.4) is 0 Å². The van der Waals surface area contributed by atoms with Crippen LogP contribution in [-0.4, -0.2) is 27.9 Å². The molecule has 1 heterocycles. The first-order chi connectivity index (χ1) is 14.0. The zero-order chi connectivity index (χ0) is 20.4. The van der Waals surface area contributed by atoms with E-state index < -0.39 is 5.97 Å². The first-order valence-electron chi connectivity index (χ1n) is 9.78. The number of rotatable bonds is 6. The number of nitrogens with zero attached hydrogens (tertiary/aromatic N) is 2. The maximum Gasteiger partial charge on any atom is 0.306 e. The van der Waals surface area contributed by atoms with Crippen molar-refractivity contribution < 1.29 is 14.3 Å². The number of fused-ring (bicyclic) bond motifs is 2. The van der Waals surface area contributed by atoms with E-state index in [1.54, 1.807) is 31.3 Å². The van der Waals surface area contributed by atoms with E-state index in [-0.39, 0.29) is 30.8 Å². The first kappa shape index (κ1) is 19.1. The first-order valence-corrected chi connectivity index (χ1v) is 9.78. The molecule has 0 unspecified atom stereocenters. The molecule has 0 saturated carbocycles. The maximum atomic E-state index is 12.4. The summed E-state index contributed by atoms with van der Waals surface area (Å²) in [4.78, 5) is 41.3. The third-order valence-electron chi connectivity index (χ3n) is 5.41. The van der Waals surface area contributed by atoms with E-state index in [1.807, 2.05) is 18.2 Å². The number of hydrogen-bond donors (Lipinski definition) is 0. The third-order valence-corrected chi connectivity index (χ3v) is 5.41. The molecule has 0 bridgehead atoms. The molecule has 148 valence electrons. The zero-order valence-corrected chi connectivity index (χ0v) is 16.3. The average Bonchev–Trinajstić information content (AvgIpc) is 3.21. The van der Waals surface area contributed by atoms with E-state index in [4.69, 9.17) is 4.74 Å². The second-order valence-electron chi connectivity index (χ2n) is 7.33. The lowest BCUT2D eigenvalue weighted by atomic mass is 10.0. The molecule has 1 aromatic heterocycles. The van der Waals surface area contributed by atoms with Gasteiger partial charge in [0.1, 0.15) is 5.82 Å². The average molecular weight is 390 g/mol. The van der Waals surface area contributed by atoms with Crippen molar-refractivity contribution in [2.45, 2.75) is 32.1 Å². The highest BCUT2D eigenvalue weighted by Gasteiger charge is 2.16. The van der Waals surface area contributed by atoms with Gasteiger partial charge in [-0.1, -0.05) is 24.3 Å². The van der Waals surface area contributed by atoms with Gasteiger partial charge in [-0.3, -0.25) is 19.0 Å². The van der Waals surface area contributed by atoms with E-state index in [1.165, 1.54) is 15.7 Å². The summed E-state index contributed by atoms with van der Waals surface area (Å²) in [6.45, 7) is -0.276. The van der Waals surface area contributed by atoms with Crippen molar-refractivity contribution in [1.29, 1.82) is 0 Å². The minimum Gasteiger partial charge on any atom is -0.457 e. The Kier molecular flexibility index (Phi) is 5.25. The standard InChI is InChI=1S/C23H22N2O4/c1-25-21(24-19-8-3-2-7-18(19)23(25)28)11-12-22(27)29-14-20(26)17-10-9-15-5-4-6-16(15)13-17/h2-3,7-10,13H,4-6,11-12,14H2,1H3. The van der Waals surface area contributed by atoms with Gasteiger partial charge in [0, 0.05) is 19.0 Å². The Morgan fingerprint density at radius 3 is 2.76 bits per heavy atom. The van der Waals surface area contributed by atoms with Crippen LogP contribution >= 0.6 is 0 Å². The van der Waals surface area contributed by atoms with Gasteiger partial charge in [-0.15, -0.1) is 0 Å². The molecule has 1 aliphatic carbocycles. The number of Topliss-reactive ketones (excluding diaryl/α,β-unsaturated/α-hetero) is 1. The van der Waals surface area contributed by atoms with E-state index in [0.717, 1.165) is 19.3 Å². The highest BCUT2D eigenvalue weighted by atomic mass is 16.5.